The number of rotatable bonds is 1. The van der Waals surface area contributed by atoms with E-state index in [0.717, 1.165) is 24.9 Å². The average molecular weight is 204 g/mol. The van der Waals surface area contributed by atoms with Crippen LogP contribution in [0.25, 0.3) is 0 Å². The molecule has 3 N–H and O–H groups in total. The molecule has 0 saturated carbocycles. The summed E-state index contributed by atoms with van der Waals surface area (Å²) >= 11 is 0. The Labute approximate surface area is 89.7 Å². The summed E-state index contributed by atoms with van der Waals surface area (Å²) in [6.45, 7) is 1.56. The third-order valence-electron chi connectivity index (χ3n) is 2.86. The zero-order valence-corrected chi connectivity index (χ0v) is 8.92. The van der Waals surface area contributed by atoms with Crippen molar-refractivity contribution in [2.45, 2.75) is 32.2 Å². The Bertz CT molecular complexity index is 387. The van der Waals surface area contributed by atoms with Crippen molar-refractivity contribution in [3.8, 4) is 0 Å². The predicted octanol–water partition coefficient (Wildman–Crippen LogP) is 1.78. The molecule has 0 fully saturated rings. The number of anilines is 1. The number of fused-ring (bicyclic) bond motifs is 1. The second kappa shape index (κ2) is 3.93. The molecule has 0 aliphatic heterocycles. The number of carbonyl (C=O) groups excluding carboxylic acids is 1. The van der Waals surface area contributed by atoms with Gasteiger partial charge in [0.2, 0.25) is 5.91 Å². The highest BCUT2D eigenvalue weighted by Gasteiger charge is 2.20. The Balaban J connectivity index is 2.30. The van der Waals surface area contributed by atoms with Crippen LogP contribution in [0.3, 0.4) is 0 Å². The average Bonchev–Trinajstić information content (AvgIpc) is 2.16. The first-order valence-electron chi connectivity index (χ1n) is 5.32. The van der Waals surface area contributed by atoms with Gasteiger partial charge >= 0.3 is 0 Å². The van der Waals surface area contributed by atoms with Crippen molar-refractivity contribution < 1.29 is 4.79 Å². The topological polar surface area (TPSA) is 55.1 Å². The number of hydrogen-bond acceptors (Lipinski definition) is 2. The Hall–Kier alpha value is -1.51. The first-order chi connectivity index (χ1) is 7.16. The van der Waals surface area contributed by atoms with Gasteiger partial charge in [-0.2, -0.15) is 0 Å². The minimum Gasteiger partial charge on any atom is -0.399 e. The molecule has 0 bridgehead atoms. The minimum absolute atomic E-state index is 0.0321. The van der Waals surface area contributed by atoms with E-state index in [1.54, 1.807) is 6.92 Å². The van der Waals surface area contributed by atoms with Crippen LogP contribution in [0, 0.1) is 0 Å². The number of nitrogens with two attached hydrogens (primary N) is 1. The summed E-state index contributed by atoms with van der Waals surface area (Å²) < 4.78 is 0. The molecule has 1 aromatic rings. The molecule has 1 unspecified atom stereocenters. The van der Waals surface area contributed by atoms with Crippen LogP contribution in [-0.4, -0.2) is 5.91 Å². The number of hydrogen-bond donors (Lipinski definition) is 2. The molecule has 3 nitrogen and oxygen atoms in total. The van der Waals surface area contributed by atoms with E-state index in [-0.39, 0.29) is 11.9 Å². The normalized spacial score (nSPS) is 19.4. The standard InChI is InChI=1S/C12H16N2O/c1-8(15)14-12-4-2-3-9-7-10(13)5-6-11(9)12/h5-7,12H,2-4,13H2,1H3,(H,14,15). The summed E-state index contributed by atoms with van der Waals surface area (Å²) in [6, 6.07) is 6.12. The molecule has 1 aliphatic rings. The molecular formula is C12H16N2O. The summed E-state index contributed by atoms with van der Waals surface area (Å²) in [7, 11) is 0. The Morgan fingerprint density at radius 3 is 3.07 bits per heavy atom. The SMILES string of the molecule is CC(=O)NC1CCCc2cc(N)ccc21. The lowest BCUT2D eigenvalue weighted by atomic mass is 9.87. The van der Waals surface area contributed by atoms with E-state index < -0.39 is 0 Å². The van der Waals surface area contributed by atoms with Crippen molar-refractivity contribution in [3.05, 3.63) is 29.3 Å². The molecule has 1 aliphatic carbocycles. The molecule has 0 saturated heterocycles. The second-order valence-electron chi connectivity index (χ2n) is 4.10. The first-order valence-corrected chi connectivity index (χ1v) is 5.32. The smallest absolute Gasteiger partial charge is 0.217 e. The number of nitrogen functional groups attached to an aromatic ring is 1. The molecular weight excluding hydrogens is 188 g/mol. The van der Waals surface area contributed by atoms with Gasteiger partial charge in [-0.15, -0.1) is 0 Å². The maximum absolute atomic E-state index is 11.1. The van der Waals surface area contributed by atoms with E-state index >= 15 is 0 Å². The van der Waals surface area contributed by atoms with Gasteiger partial charge in [-0.1, -0.05) is 6.07 Å². The maximum Gasteiger partial charge on any atom is 0.217 e. The van der Waals surface area contributed by atoms with Crippen LogP contribution in [0.2, 0.25) is 0 Å². The summed E-state index contributed by atoms with van der Waals surface area (Å²) in [5, 5.41) is 2.98. The highest BCUT2D eigenvalue weighted by Crippen LogP contribution is 2.30. The summed E-state index contributed by atoms with van der Waals surface area (Å²) in [4.78, 5) is 11.1. The number of carbonyl (C=O) groups is 1. The maximum atomic E-state index is 11.1. The Morgan fingerprint density at radius 1 is 1.53 bits per heavy atom. The van der Waals surface area contributed by atoms with Crippen LogP contribution < -0.4 is 11.1 Å². The van der Waals surface area contributed by atoms with E-state index in [0.29, 0.717) is 0 Å². The molecule has 2 rings (SSSR count). The van der Waals surface area contributed by atoms with Crippen molar-refractivity contribution in [3.63, 3.8) is 0 Å². The quantitative estimate of drug-likeness (QED) is 0.685. The zero-order chi connectivity index (χ0) is 10.8. The number of amides is 1. The van der Waals surface area contributed by atoms with E-state index in [1.165, 1.54) is 11.1 Å². The van der Waals surface area contributed by atoms with Gasteiger partial charge in [0.15, 0.2) is 0 Å². The van der Waals surface area contributed by atoms with Crippen LogP contribution in [0.4, 0.5) is 5.69 Å². The third kappa shape index (κ3) is 2.12. The summed E-state index contributed by atoms with van der Waals surface area (Å²) in [5.74, 6) is 0.0321. The monoisotopic (exact) mass is 204 g/mol. The summed E-state index contributed by atoms with van der Waals surface area (Å²) in [5.41, 5.74) is 9.05. The zero-order valence-electron chi connectivity index (χ0n) is 8.92. The molecule has 3 heteroatoms. The van der Waals surface area contributed by atoms with Crippen molar-refractivity contribution in [1.29, 1.82) is 0 Å². The van der Waals surface area contributed by atoms with Gasteiger partial charge in [0, 0.05) is 12.6 Å². The van der Waals surface area contributed by atoms with Gasteiger partial charge < -0.3 is 11.1 Å². The van der Waals surface area contributed by atoms with Gasteiger partial charge in [-0.05, 0) is 42.5 Å². The third-order valence-corrected chi connectivity index (χ3v) is 2.86. The van der Waals surface area contributed by atoms with Crippen LogP contribution in [0.5, 0.6) is 0 Å². The predicted molar refractivity (Wildman–Crippen MR) is 60.4 cm³/mol. The van der Waals surface area contributed by atoms with Crippen LogP contribution >= 0.6 is 0 Å². The Morgan fingerprint density at radius 2 is 2.33 bits per heavy atom. The van der Waals surface area contributed by atoms with Crippen molar-refractivity contribution in [2.24, 2.45) is 0 Å². The highest BCUT2D eigenvalue weighted by atomic mass is 16.1. The molecule has 0 spiro atoms. The van der Waals surface area contributed by atoms with E-state index in [2.05, 4.69) is 5.32 Å². The molecule has 80 valence electrons. The largest absolute Gasteiger partial charge is 0.399 e. The molecule has 0 aromatic heterocycles. The fourth-order valence-corrected chi connectivity index (χ4v) is 2.23. The van der Waals surface area contributed by atoms with E-state index in [1.807, 2.05) is 18.2 Å². The first kappa shape index (κ1) is 10.0. The molecule has 1 amide bonds. The van der Waals surface area contributed by atoms with Crippen molar-refractivity contribution in [2.75, 3.05) is 5.73 Å². The van der Waals surface area contributed by atoms with Crippen LogP contribution in [0.15, 0.2) is 18.2 Å². The fraction of sp³-hybridized carbons (Fsp3) is 0.417. The lowest BCUT2D eigenvalue weighted by Gasteiger charge is -2.26. The van der Waals surface area contributed by atoms with Crippen molar-refractivity contribution in [1.82, 2.24) is 5.32 Å². The minimum atomic E-state index is 0.0321. The van der Waals surface area contributed by atoms with Crippen molar-refractivity contribution >= 4 is 11.6 Å². The lowest BCUT2D eigenvalue weighted by molar-refractivity contribution is -0.119. The van der Waals surface area contributed by atoms with Gasteiger partial charge in [-0.25, -0.2) is 0 Å². The molecule has 0 heterocycles. The molecule has 15 heavy (non-hydrogen) atoms. The van der Waals surface area contributed by atoms with Gasteiger partial charge in [0.05, 0.1) is 6.04 Å². The van der Waals surface area contributed by atoms with Gasteiger partial charge in [0.1, 0.15) is 0 Å². The second-order valence-corrected chi connectivity index (χ2v) is 4.10. The lowest BCUT2D eigenvalue weighted by Crippen LogP contribution is -2.28. The number of aryl methyl sites for hydroxylation is 1. The van der Waals surface area contributed by atoms with Crippen LogP contribution in [-0.2, 0) is 11.2 Å². The van der Waals surface area contributed by atoms with E-state index in [4.69, 9.17) is 5.73 Å². The number of nitrogens with one attached hydrogen (secondary N) is 1. The van der Waals surface area contributed by atoms with Crippen LogP contribution in [0.1, 0.15) is 36.9 Å². The van der Waals surface area contributed by atoms with Gasteiger partial charge in [-0.3, -0.25) is 4.79 Å². The summed E-state index contributed by atoms with van der Waals surface area (Å²) in [6.07, 6.45) is 3.20. The fourth-order valence-electron chi connectivity index (χ4n) is 2.23. The van der Waals surface area contributed by atoms with E-state index in [9.17, 15) is 4.79 Å². The van der Waals surface area contributed by atoms with Gasteiger partial charge in [0.25, 0.3) is 0 Å². The Kier molecular flexibility index (Phi) is 2.62. The molecule has 1 aromatic carbocycles. The molecule has 1 atom stereocenters. The number of benzene rings is 1. The molecule has 0 radical (unpaired) electrons. The highest BCUT2D eigenvalue weighted by molar-refractivity contribution is 5.73.